The highest BCUT2D eigenvalue weighted by molar-refractivity contribution is 6.67. The van der Waals surface area contributed by atoms with Crippen LogP contribution in [0, 0.1) is 0 Å². The van der Waals surface area contributed by atoms with E-state index in [2.05, 4.69) is 0 Å². The smallest absolute Gasteiger partial charge is 0.371 e. The van der Waals surface area contributed by atoms with E-state index in [0.717, 1.165) is 0 Å². The maximum atomic E-state index is 5.51. The lowest BCUT2D eigenvalue weighted by Crippen LogP contribution is -2.44. The summed E-state index contributed by atoms with van der Waals surface area (Å²) < 4.78 is 16.4. The first-order chi connectivity index (χ1) is 6.24. The van der Waals surface area contributed by atoms with Crippen LogP contribution in [0.2, 0.25) is 0 Å². The summed E-state index contributed by atoms with van der Waals surface area (Å²) in [7, 11) is -2.61. The third-order valence-electron chi connectivity index (χ3n) is 1.30. The van der Waals surface area contributed by atoms with E-state index in [1.807, 2.05) is 20.8 Å². The van der Waals surface area contributed by atoms with Gasteiger partial charge in [-0.2, -0.15) is 0 Å². The molecule has 0 saturated heterocycles. The summed E-state index contributed by atoms with van der Waals surface area (Å²) >= 11 is 5.51. The molecule has 0 bridgehead atoms. The quantitative estimate of drug-likeness (QED) is 0.622. The van der Waals surface area contributed by atoms with Crippen LogP contribution in [0.3, 0.4) is 0 Å². The molecule has 0 spiro atoms. The summed E-state index contributed by atoms with van der Waals surface area (Å²) in [4.78, 5) is 0. The van der Waals surface area contributed by atoms with Crippen LogP contribution in [0.1, 0.15) is 20.8 Å². The zero-order chi connectivity index (χ0) is 10.2. The van der Waals surface area contributed by atoms with Crippen molar-refractivity contribution in [1.82, 2.24) is 0 Å². The van der Waals surface area contributed by atoms with E-state index >= 15 is 0 Å². The second-order valence-corrected chi connectivity index (χ2v) is 4.85. The van der Waals surface area contributed by atoms with Crippen LogP contribution in [-0.4, -0.2) is 28.6 Å². The zero-order valence-corrected chi connectivity index (χ0v) is 10.1. The van der Waals surface area contributed by atoms with Crippen LogP contribution in [0.25, 0.3) is 0 Å². The van der Waals surface area contributed by atoms with E-state index in [1.54, 1.807) is 5.70 Å². The lowest BCUT2D eigenvalue weighted by molar-refractivity contribution is 0.0843. The molecule has 13 heavy (non-hydrogen) atoms. The van der Waals surface area contributed by atoms with E-state index in [0.29, 0.717) is 19.8 Å². The van der Waals surface area contributed by atoms with Gasteiger partial charge in [0.25, 0.3) is 0 Å². The zero-order valence-electron chi connectivity index (χ0n) is 8.38. The highest BCUT2D eigenvalue weighted by Gasteiger charge is 2.37. The molecule has 0 radical (unpaired) electrons. The van der Waals surface area contributed by atoms with Gasteiger partial charge in [0.15, 0.2) is 0 Å². The van der Waals surface area contributed by atoms with Gasteiger partial charge in [-0.05, 0) is 26.5 Å². The monoisotopic (exact) mass is 224 g/mol. The van der Waals surface area contributed by atoms with Crippen LogP contribution in [0.15, 0.2) is 11.2 Å². The van der Waals surface area contributed by atoms with Gasteiger partial charge in [-0.15, -0.1) is 0 Å². The molecule has 0 aromatic rings. The van der Waals surface area contributed by atoms with E-state index in [-0.39, 0.29) is 0 Å². The molecule has 5 heteroatoms. The predicted molar refractivity (Wildman–Crippen MR) is 55.6 cm³/mol. The molecular weight excluding hydrogens is 208 g/mol. The Labute approximate surface area is 86.0 Å². The van der Waals surface area contributed by atoms with Crippen molar-refractivity contribution in [3.63, 3.8) is 0 Å². The van der Waals surface area contributed by atoms with Crippen LogP contribution in [0.5, 0.6) is 0 Å². The molecule has 0 aliphatic rings. The molecule has 0 amide bonds. The maximum Gasteiger partial charge on any atom is 0.530 e. The van der Waals surface area contributed by atoms with Gasteiger partial charge in [-0.1, -0.05) is 11.6 Å². The van der Waals surface area contributed by atoms with Gasteiger partial charge in [-0.3, -0.25) is 0 Å². The maximum absolute atomic E-state index is 5.51. The van der Waals surface area contributed by atoms with Crippen molar-refractivity contribution in [2.75, 3.05) is 19.8 Å². The molecule has 0 atom stereocenters. The van der Waals surface area contributed by atoms with E-state index in [1.165, 1.54) is 5.54 Å². The van der Waals surface area contributed by atoms with Crippen LogP contribution in [-0.2, 0) is 13.3 Å². The van der Waals surface area contributed by atoms with Crippen molar-refractivity contribution >= 4 is 20.4 Å². The molecule has 3 nitrogen and oxygen atoms in total. The SMILES string of the molecule is CCO[Si](/C=C/Cl)(OCC)OCC. The highest BCUT2D eigenvalue weighted by Crippen LogP contribution is 2.12. The summed E-state index contributed by atoms with van der Waals surface area (Å²) in [5, 5.41) is 0. The van der Waals surface area contributed by atoms with E-state index in [9.17, 15) is 0 Å². The molecule has 0 aliphatic heterocycles. The summed E-state index contributed by atoms with van der Waals surface area (Å²) in [6, 6.07) is 0. The fourth-order valence-electron chi connectivity index (χ4n) is 0.950. The van der Waals surface area contributed by atoms with Gasteiger partial charge in [0.05, 0.1) is 0 Å². The molecule has 0 rings (SSSR count). The average molecular weight is 225 g/mol. The lowest BCUT2D eigenvalue weighted by atomic mass is 10.9. The first-order valence-corrected chi connectivity index (χ1v) is 6.68. The first kappa shape index (κ1) is 13.1. The van der Waals surface area contributed by atoms with Gasteiger partial charge >= 0.3 is 8.80 Å². The Kier molecular flexibility index (Phi) is 7.60. The molecular formula is C8H17ClO3Si. The predicted octanol–water partition coefficient (Wildman–Crippen LogP) is 2.33. The van der Waals surface area contributed by atoms with Gasteiger partial charge in [0.2, 0.25) is 0 Å². The Morgan fingerprint density at radius 2 is 1.38 bits per heavy atom. The topological polar surface area (TPSA) is 27.7 Å². The fraction of sp³-hybridized carbons (Fsp3) is 0.750. The van der Waals surface area contributed by atoms with Crippen LogP contribution >= 0.6 is 11.6 Å². The largest absolute Gasteiger partial charge is 0.530 e. The molecule has 0 fully saturated rings. The Hall–Kier alpha value is 0.127. The molecule has 78 valence electrons. The van der Waals surface area contributed by atoms with Gasteiger partial charge in [0, 0.05) is 25.4 Å². The van der Waals surface area contributed by atoms with E-state index < -0.39 is 8.80 Å². The molecule has 0 aromatic heterocycles. The van der Waals surface area contributed by atoms with Crippen molar-refractivity contribution in [3.8, 4) is 0 Å². The molecule has 0 aromatic carbocycles. The van der Waals surface area contributed by atoms with Crippen molar-refractivity contribution in [2.45, 2.75) is 20.8 Å². The first-order valence-electron chi connectivity index (χ1n) is 4.44. The third-order valence-corrected chi connectivity index (χ3v) is 4.29. The van der Waals surface area contributed by atoms with Crippen molar-refractivity contribution in [2.24, 2.45) is 0 Å². The van der Waals surface area contributed by atoms with Crippen LogP contribution < -0.4 is 0 Å². The minimum atomic E-state index is -2.61. The molecule has 0 saturated carbocycles. The second kappa shape index (κ2) is 7.52. The Balaban J connectivity index is 4.37. The summed E-state index contributed by atoms with van der Waals surface area (Å²) in [5.74, 6) is 0. The molecule has 0 unspecified atom stereocenters. The van der Waals surface area contributed by atoms with Crippen molar-refractivity contribution in [1.29, 1.82) is 0 Å². The standard InChI is InChI=1S/C8H17ClO3Si/c1-4-10-13(8-7-9,11-5-2)12-6-3/h7-8H,4-6H2,1-3H3/b8-7+. The molecule has 0 heterocycles. The summed E-state index contributed by atoms with van der Waals surface area (Å²) in [5.41, 5.74) is 3.08. The van der Waals surface area contributed by atoms with Gasteiger partial charge < -0.3 is 13.3 Å². The van der Waals surface area contributed by atoms with Gasteiger partial charge in [-0.25, -0.2) is 0 Å². The summed E-state index contributed by atoms with van der Waals surface area (Å²) in [6.45, 7) is 7.40. The number of hydrogen-bond acceptors (Lipinski definition) is 3. The summed E-state index contributed by atoms with van der Waals surface area (Å²) in [6.07, 6.45) is 0. The normalized spacial score (nSPS) is 12.6. The van der Waals surface area contributed by atoms with Crippen LogP contribution in [0.4, 0.5) is 0 Å². The fourth-order valence-corrected chi connectivity index (χ4v) is 3.31. The lowest BCUT2D eigenvalue weighted by Gasteiger charge is -2.24. The minimum absolute atomic E-state index is 0.563. The third kappa shape index (κ3) is 4.78. The molecule has 0 aliphatic carbocycles. The van der Waals surface area contributed by atoms with E-state index in [4.69, 9.17) is 24.9 Å². The Morgan fingerprint density at radius 3 is 1.62 bits per heavy atom. The molecule has 0 N–H and O–H groups in total. The van der Waals surface area contributed by atoms with Gasteiger partial charge in [0.1, 0.15) is 0 Å². The second-order valence-electron chi connectivity index (χ2n) is 2.20. The Morgan fingerprint density at radius 1 is 1.00 bits per heavy atom. The van der Waals surface area contributed by atoms with Crippen molar-refractivity contribution < 1.29 is 13.3 Å². The number of hydrogen-bond donors (Lipinski definition) is 0. The number of rotatable bonds is 7. The number of halogens is 1. The van der Waals surface area contributed by atoms with Crippen molar-refractivity contribution in [3.05, 3.63) is 11.2 Å². The Bertz CT molecular complexity index is 135. The minimum Gasteiger partial charge on any atom is -0.371 e. The highest BCUT2D eigenvalue weighted by atomic mass is 35.5. The average Bonchev–Trinajstić information content (AvgIpc) is 2.06.